The van der Waals surface area contributed by atoms with Gasteiger partial charge in [0.15, 0.2) is 23.5 Å². The molecule has 3 saturated carbocycles. The van der Waals surface area contributed by atoms with Crippen LogP contribution in [0.1, 0.15) is 52.9 Å². The lowest BCUT2D eigenvalue weighted by atomic mass is 9.45. The number of fused-ring (bicyclic) bond motifs is 7. The molecule has 0 aromatic carbocycles. The number of hydrogen-bond donors (Lipinski definition) is 3. The molecule has 32 heavy (non-hydrogen) atoms. The molecule has 4 fully saturated rings. The molecule has 0 bridgehead atoms. The summed E-state index contributed by atoms with van der Waals surface area (Å²) >= 11 is 0. The van der Waals surface area contributed by atoms with Crippen LogP contribution in [-0.4, -0.2) is 63.7 Å². The van der Waals surface area contributed by atoms with Crippen LogP contribution in [0, 0.1) is 28.6 Å². The quantitative estimate of drug-likeness (QED) is 0.602. The van der Waals surface area contributed by atoms with E-state index >= 15 is 0 Å². The normalized spacial score (nSPS) is 51.5. The maximum Gasteiger partial charge on any atom is 0.193 e. The fourth-order valence-corrected chi connectivity index (χ4v) is 8.18. The molecule has 10 atom stereocenters. The summed E-state index contributed by atoms with van der Waals surface area (Å²) in [5.41, 5.74) is -1.98. The van der Waals surface area contributed by atoms with Crippen LogP contribution in [-0.2, 0) is 19.1 Å². The molecule has 7 nitrogen and oxygen atoms in total. The minimum absolute atomic E-state index is 0.0296. The van der Waals surface area contributed by atoms with Gasteiger partial charge in [0.2, 0.25) is 0 Å². The molecule has 1 saturated heterocycles. The Kier molecular flexibility index (Phi) is 5.12. The molecule has 0 spiro atoms. The van der Waals surface area contributed by atoms with Crippen LogP contribution >= 0.6 is 0 Å². The standard InChI is InChI=1S/C25H34O7/c1-4-5-21-31-20-10-15-14-9-17(28)16-8-13(27)6-7-23(16,2)22(14)18(29)11-24(15,3)25(20,32-21)19(30)12-26/h6-8,14-15,17-18,20-22,26,28-29H,4-5,9-12H2,1-3H3/t14-,15-,17+,18-,20-,21?,22+,23-,24-,25+/m0/s1. The number of hydrogen-bond acceptors (Lipinski definition) is 7. The molecule has 3 N–H and O–H groups in total. The van der Waals surface area contributed by atoms with E-state index in [0.717, 1.165) is 6.42 Å². The summed E-state index contributed by atoms with van der Waals surface area (Å²) in [6, 6.07) is 0. The second-order valence-corrected chi connectivity index (χ2v) is 10.9. The smallest absolute Gasteiger partial charge is 0.193 e. The lowest BCUT2D eigenvalue weighted by molar-refractivity contribution is -0.203. The van der Waals surface area contributed by atoms with Crippen LogP contribution in [0.15, 0.2) is 23.8 Å². The number of carbonyl (C=O) groups is 2. The van der Waals surface area contributed by atoms with Gasteiger partial charge in [-0.2, -0.15) is 0 Å². The third kappa shape index (κ3) is 2.66. The zero-order chi connectivity index (χ0) is 23.1. The van der Waals surface area contributed by atoms with E-state index in [2.05, 4.69) is 0 Å². The molecule has 1 heterocycles. The molecule has 0 radical (unpaired) electrons. The Morgan fingerprint density at radius 3 is 2.69 bits per heavy atom. The average Bonchev–Trinajstić information content (AvgIpc) is 3.21. The van der Waals surface area contributed by atoms with E-state index in [9.17, 15) is 24.9 Å². The van der Waals surface area contributed by atoms with E-state index in [1.54, 1.807) is 0 Å². The summed E-state index contributed by atoms with van der Waals surface area (Å²) in [6.45, 7) is 5.37. The maximum atomic E-state index is 13.2. The van der Waals surface area contributed by atoms with Gasteiger partial charge in [0, 0.05) is 16.7 Å². The van der Waals surface area contributed by atoms with E-state index < -0.39 is 47.6 Å². The van der Waals surface area contributed by atoms with E-state index in [1.165, 1.54) is 12.2 Å². The van der Waals surface area contributed by atoms with Crippen molar-refractivity contribution < 1.29 is 34.4 Å². The van der Waals surface area contributed by atoms with Gasteiger partial charge in [-0.05, 0) is 55.2 Å². The first kappa shape index (κ1) is 22.4. The third-order valence-electron chi connectivity index (χ3n) is 9.39. The number of carbonyl (C=O) groups excluding carboxylic acids is 2. The first-order valence-electron chi connectivity index (χ1n) is 11.9. The fraction of sp³-hybridized carbons (Fsp3) is 0.760. The number of ether oxygens (including phenoxy) is 2. The van der Waals surface area contributed by atoms with E-state index in [0.29, 0.717) is 31.3 Å². The zero-order valence-electron chi connectivity index (χ0n) is 19.0. The van der Waals surface area contributed by atoms with Crippen LogP contribution in [0.4, 0.5) is 0 Å². The van der Waals surface area contributed by atoms with E-state index in [-0.39, 0.29) is 29.3 Å². The SMILES string of the molecule is CCCC1O[C@H]2C[C@H]3[C@@H]4C[C@@H](O)C5=CC(=O)C=C[C@]5(C)[C@H]4[C@@H](O)C[C@]3(C)[C@]2(C(=O)CO)O1. The van der Waals surface area contributed by atoms with Crippen LogP contribution in [0.5, 0.6) is 0 Å². The summed E-state index contributed by atoms with van der Waals surface area (Å²) in [4.78, 5) is 25.3. The number of aliphatic hydroxyl groups excluding tert-OH is 3. The Labute approximate surface area is 188 Å². The number of allylic oxidation sites excluding steroid dienone is 3. The summed E-state index contributed by atoms with van der Waals surface area (Å²) in [7, 11) is 0. The van der Waals surface area contributed by atoms with Gasteiger partial charge in [-0.25, -0.2) is 0 Å². The van der Waals surface area contributed by atoms with E-state index in [4.69, 9.17) is 9.47 Å². The minimum Gasteiger partial charge on any atom is -0.393 e. The Balaban J connectivity index is 1.58. The van der Waals surface area contributed by atoms with Gasteiger partial charge in [0.1, 0.15) is 6.61 Å². The second kappa shape index (κ2) is 7.31. The maximum absolute atomic E-state index is 13.2. The highest BCUT2D eigenvalue weighted by molar-refractivity contribution is 6.01. The first-order chi connectivity index (χ1) is 15.1. The van der Waals surface area contributed by atoms with Gasteiger partial charge in [-0.1, -0.05) is 33.3 Å². The highest BCUT2D eigenvalue weighted by Gasteiger charge is 2.76. The summed E-state index contributed by atoms with van der Waals surface area (Å²) in [5.74, 6) is -0.825. The van der Waals surface area contributed by atoms with Crippen molar-refractivity contribution in [1.82, 2.24) is 0 Å². The fourth-order valence-electron chi connectivity index (χ4n) is 8.18. The van der Waals surface area contributed by atoms with Crippen molar-refractivity contribution in [2.45, 2.75) is 83.1 Å². The predicted molar refractivity (Wildman–Crippen MR) is 114 cm³/mol. The summed E-state index contributed by atoms with van der Waals surface area (Å²) in [6.07, 6.45) is 5.21. The molecule has 1 aliphatic heterocycles. The molecule has 1 unspecified atom stereocenters. The van der Waals surface area contributed by atoms with E-state index in [1.807, 2.05) is 26.8 Å². The Hall–Kier alpha value is -1.38. The third-order valence-corrected chi connectivity index (χ3v) is 9.39. The molecule has 5 rings (SSSR count). The molecule has 0 aromatic heterocycles. The largest absolute Gasteiger partial charge is 0.393 e. The van der Waals surface area contributed by atoms with Crippen molar-refractivity contribution in [2.75, 3.05) is 6.61 Å². The molecule has 0 aromatic rings. The van der Waals surface area contributed by atoms with Crippen molar-refractivity contribution in [3.8, 4) is 0 Å². The average molecular weight is 447 g/mol. The van der Waals surface area contributed by atoms with Crippen molar-refractivity contribution in [2.24, 2.45) is 28.6 Å². The number of rotatable bonds is 4. The molecule has 0 amide bonds. The minimum atomic E-state index is -1.29. The van der Waals surface area contributed by atoms with Gasteiger partial charge >= 0.3 is 0 Å². The number of ketones is 2. The monoisotopic (exact) mass is 446 g/mol. The van der Waals surface area contributed by atoms with Gasteiger partial charge in [-0.3, -0.25) is 9.59 Å². The van der Waals surface area contributed by atoms with Gasteiger partial charge in [-0.15, -0.1) is 0 Å². The van der Waals surface area contributed by atoms with Crippen LogP contribution < -0.4 is 0 Å². The molecule has 4 aliphatic carbocycles. The molecular weight excluding hydrogens is 412 g/mol. The number of aliphatic hydroxyl groups is 3. The first-order valence-corrected chi connectivity index (χ1v) is 11.9. The highest BCUT2D eigenvalue weighted by atomic mass is 16.7. The van der Waals surface area contributed by atoms with Crippen LogP contribution in [0.25, 0.3) is 0 Å². The molecule has 5 aliphatic rings. The second-order valence-electron chi connectivity index (χ2n) is 10.9. The Bertz CT molecular complexity index is 895. The van der Waals surface area contributed by atoms with Crippen LogP contribution in [0.3, 0.4) is 0 Å². The van der Waals surface area contributed by atoms with Crippen molar-refractivity contribution in [3.05, 3.63) is 23.8 Å². The lowest BCUT2D eigenvalue weighted by Gasteiger charge is -2.60. The van der Waals surface area contributed by atoms with Gasteiger partial charge in [0.05, 0.1) is 18.3 Å². The number of Topliss-reactive ketones (excluding diaryl/α,β-unsaturated/α-hetero) is 1. The van der Waals surface area contributed by atoms with Crippen LogP contribution in [0.2, 0.25) is 0 Å². The molecule has 176 valence electrons. The summed E-state index contributed by atoms with van der Waals surface area (Å²) in [5, 5.41) is 32.5. The molecule has 7 heteroatoms. The van der Waals surface area contributed by atoms with Crippen molar-refractivity contribution >= 4 is 11.6 Å². The Morgan fingerprint density at radius 1 is 1.25 bits per heavy atom. The topological polar surface area (TPSA) is 113 Å². The predicted octanol–water partition coefficient (Wildman–Crippen LogP) is 1.69. The van der Waals surface area contributed by atoms with Gasteiger partial charge in [0.25, 0.3) is 0 Å². The van der Waals surface area contributed by atoms with Gasteiger partial charge < -0.3 is 24.8 Å². The molecular formula is C25H34O7. The summed E-state index contributed by atoms with van der Waals surface area (Å²) < 4.78 is 12.6. The van der Waals surface area contributed by atoms with Crippen molar-refractivity contribution in [1.29, 1.82) is 0 Å². The van der Waals surface area contributed by atoms with Crippen molar-refractivity contribution in [3.63, 3.8) is 0 Å². The zero-order valence-corrected chi connectivity index (χ0v) is 19.0. The lowest BCUT2D eigenvalue weighted by Crippen LogP contribution is -2.64. The Morgan fingerprint density at radius 2 is 2.00 bits per heavy atom. The highest BCUT2D eigenvalue weighted by Crippen LogP contribution is 2.69.